The zero-order valence-corrected chi connectivity index (χ0v) is 16.7. The van der Waals surface area contributed by atoms with Crippen LogP contribution in [0.15, 0.2) is 24.3 Å². The second-order valence-electron chi connectivity index (χ2n) is 8.14. The van der Waals surface area contributed by atoms with Crippen molar-refractivity contribution in [2.45, 2.75) is 83.7 Å². The zero-order valence-electron chi connectivity index (χ0n) is 16.7. The first-order valence-electron chi connectivity index (χ1n) is 10.7. The number of anilines is 2. The molecule has 2 aliphatic rings. The fraction of sp³-hybridized carbons (Fsp3) is 0.565. The molecule has 0 aliphatic heterocycles. The van der Waals surface area contributed by atoms with Crippen LogP contribution >= 0.6 is 0 Å². The van der Waals surface area contributed by atoms with Crippen molar-refractivity contribution in [1.82, 2.24) is 9.97 Å². The van der Waals surface area contributed by atoms with Gasteiger partial charge in [-0.15, -0.1) is 0 Å². The van der Waals surface area contributed by atoms with E-state index >= 15 is 0 Å². The van der Waals surface area contributed by atoms with Gasteiger partial charge in [0.05, 0.1) is 5.56 Å². The Morgan fingerprint density at radius 1 is 0.815 bits per heavy atom. The Morgan fingerprint density at radius 3 is 1.74 bits per heavy atom. The van der Waals surface area contributed by atoms with Gasteiger partial charge in [0.25, 0.3) is 0 Å². The summed E-state index contributed by atoms with van der Waals surface area (Å²) in [4.78, 5) is 9.66. The summed E-state index contributed by atoms with van der Waals surface area (Å²) in [5.74, 6) is 2.84. The largest absolute Gasteiger partial charge is 0.367 e. The maximum atomic E-state index is 4.83. The quantitative estimate of drug-likeness (QED) is 0.688. The summed E-state index contributed by atoms with van der Waals surface area (Å²) in [6.07, 6.45) is 11.3. The highest BCUT2D eigenvalue weighted by Gasteiger charge is 2.23. The molecule has 2 aromatic rings. The monoisotopic (exact) mass is 364 g/mol. The average molecular weight is 365 g/mol. The first kappa shape index (κ1) is 18.3. The highest BCUT2D eigenvalue weighted by atomic mass is 15.1. The molecule has 144 valence electrons. The summed E-state index contributed by atoms with van der Waals surface area (Å²) in [7, 11) is 0. The Hall–Kier alpha value is -2.10. The predicted octanol–water partition coefficient (Wildman–Crippen LogP) is 5.72. The molecule has 0 radical (unpaired) electrons. The van der Waals surface area contributed by atoms with E-state index < -0.39 is 0 Å². The van der Waals surface area contributed by atoms with Gasteiger partial charge in [0.15, 0.2) is 0 Å². The predicted molar refractivity (Wildman–Crippen MR) is 113 cm³/mol. The van der Waals surface area contributed by atoms with Crippen molar-refractivity contribution in [1.29, 1.82) is 0 Å². The van der Waals surface area contributed by atoms with Crippen LogP contribution in [0, 0.1) is 6.92 Å². The normalized spacial score (nSPS) is 18.1. The van der Waals surface area contributed by atoms with E-state index in [0.717, 1.165) is 29.4 Å². The molecule has 1 aromatic carbocycles. The fourth-order valence-electron chi connectivity index (χ4n) is 4.49. The summed E-state index contributed by atoms with van der Waals surface area (Å²) in [6.45, 7) is 4.20. The minimum absolute atomic E-state index is 0.535. The molecule has 4 nitrogen and oxygen atoms in total. The highest BCUT2D eigenvalue weighted by Crippen LogP contribution is 2.36. The standard InChI is InChI=1S/C23H32N4/c1-3-17-12-14-18(15-13-17)21-22(26-19-8-4-5-9-19)24-16(2)25-23(21)27-20-10-6-7-11-20/h12-15,19-20H,3-11H2,1-2H3,(H2,24,25,26,27). The lowest BCUT2D eigenvalue weighted by Gasteiger charge is -2.22. The number of nitrogens with zero attached hydrogens (tertiary/aromatic N) is 2. The van der Waals surface area contributed by atoms with Crippen molar-refractivity contribution in [2.75, 3.05) is 10.6 Å². The molecule has 4 rings (SSSR count). The van der Waals surface area contributed by atoms with E-state index in [1.165, 1.54) is 62.5 Å². The summed E-state index contributed by atoms with van der Waals surface area (Å²) in [6, 6.07) is 9.99. The molecule has 0 unspecified atom stereocenters. The van der Waals surface area contributed by atoms with Crippen LogP contribution in [-0.4, -0.2) is 22.1 Å². The van der Waals surface area contributed by atoms with Gasteiger partial charge < -0.3 is 10.6 Å². The number of hydrogen-bond donors (Lipinski definition) is 2. The van der Waals surface area contributed by atoms with Gasteiger partial charge in [0, 0.05) is 12.1 Å². The lowest BCUT2D eigenvalue weighted by atomic mass is 10.0. The molecule has 4 heteroatoms. The molecule has 2 fully saturated rings. The second kappa shape index (κ2) is 8.28. The van der Waals surface area contributed by atoms with Crippen molar-refractivity contribution in [2.24, 2.45) is 0 Å². The minimum Gasteiger partial charge on any atom is -0.367 e. The van der Waals surface area contributed by atoms with Crippen LogP contribution < -0.4 is 10.6 Å². The second-order valence-corrected chi connectivity index (χ2v) is 8.14. The third-order valence-corrected chi connectivity index (χ3v) is 6.06. The highest BCUT2D eigenvalue weighted by molar-refractivity contribution is 5.85. The maximum absolute atomic E-state index is 4.83. The van der Waals surface area contributed by atoms with E-state index in [-0.39, 0.29) is 0 Å². The Bertz CT molecular complexity index is 717. The van der Waals surface area contributed by atoms with Gasteiger partial charge in [-0.1, -0.05) is 56.9 Å². The molecule has 2 saturated carbocycles. The van der Waals surface area contributed by atoms with Crippen LogP contribution in [0.25, 0.3) is 11.1 Å². The van der Waals surface area contributed by atoms with Gasteiger partial charge in [-0.05, 0) is 50.2 Å². The molecule has 1 heterocycles. The Labute approximate surface area is 163 Å². The van der Waals surface area contributed by atoms with Gasteiger partial charge in [-0.25, -0.2) is 9.97 Å². The minimum atomic E-state index is 0.535. The molecule has 0 atom stereocenters. The van der Waals surface area contributed by atoms with Gasteiger partial charge in [-0.3, -0.25) is 0 Å². The number of nitrogens with one attached hydrogen (secondary N) is 2. The molecular formula is C23H32N4. The van der Waals surface area contributed by atoms with Crippen molar-refractivity contribution >= 4 is 11.6 Å². The SMILES string of the molecule is CCc1ccc(-c2c(NC3CCCC3)nc(C)nc2NC2CCCC2)cc1. The lowest BCUT2D eigenvalue weighted by molar-refractivity contribution is 0.741. The van der Waals surface area contributed by atoms with Gasteiger partial charge in [-0.2, -0.15) is 0 Å². The lowest BCUT2D eigenvalue weighted by Crippen LogP contribution is -2.20. The zero-order chi connectivity index (χ0) is 18.6. The number of benzene rings is 1. The summed E-state index contributed by atoms with van der Waals surface area (Å²) < 4.78 is 0. The summed E-state index contributed by atoms with van der Waals surface area (Å²) in [5.41, 5.74) is 3.71. The first-order chi connectivity index (χ1) is 13.2. The number of rotatable bonds is 6. The van der Waals surface area contributed by atoms with Crippen LogP contribution in [0.2, 0.25) is 0 Å². The van der Waals surface area contributed by atoms with Crippen molar-refractivity contribution in [3.05, 3.63) is 35.7 Å². The fourth-order valence-corrected chi connectivity index (χ4v) is 4.49. The molecule has 2 aliphatic carbocycles. The van der Waals surface area contributed by atoms with Crippen LogP contribution in [0.5, 0.6) is 0 Å². The summed E-state index contributed by atoms with van der Waals surface area (Å²) >= 11 is 0. The average Bonchev–Trinajstić information content (AvgIpc) is 3.36. The molecule has 1 aromatic heterocycles. The van der Waals surface area contributed by atoms with Crippen LogP contribution in [0.1, 0.15) is 69.7 Å². The maximum Gasteiger partial charge on any atom is 0.140 e. The third kappa shape index (κ3) is 4.26. The van der Waals surface area contributed by atoms with Gasteiger partial charge in [0.1, 0.15) is 17.5 Å². The molecular weight excluding hydrogens is 332 g/mol. The van der Waals surface area contributed by atoms with E-state index in [1.54, 1.807) is 0 Å². The first-order valence-corrected chi connectivity index (χ1v) is 10.7. The van der Waals surface area contributed by atoms with E-state index in [9.17, 15) is 0 Å². The van der Waals surface area contributed by atoms with Crippen molar-refractivity contribution < 1.29 is 0 Å². The Balaban J connectivity index is 1.74. The smallest absolute Gasteiger partial charge is 0.140 e. The van der Waals surface area contributed by atoms with Gasteiger partial charge >= 0.3 is 0 Å². The third-order valence-electron chi connectivity index (χ3n) is 6.06. The van der Waals surface area contributed by atoms with Crippen LogP contribution in [-0.2, 0) is 6.42 Å². The van der Waals surface area contributed by atoms with Gasteiger partial charge in [0.2, 0.25) is 0 Å². The molecule has 0 bridgehead atoms. The Morgan fingerprint density at radius 2 is 1.30 bits per heavy atom. The van der Waals surface area contributed by atoms with E-state index in [0.29, 0.717) is 12.1 Å². The molecule has 0 spiro atoms. The van der Waals surface area contributed by atoms with Crippen LogP contribution in [0.3, 0.4) is 0 Å². The molecule has 27 heavy (non-hydrogen) atoms. The number of aryl methyl sites for hydroxylation is 2. The molecule has 0 saturated heterocycles. The van der Waals surface area contributed by atoms with E-state index in [4.69, 9.17) is 9.97 Å². The molecule has 0 amide bonds. The van der Waals surface area contributed by atoms with E-state index in [1.807, 2.05) is 6.92 Å². The van der Waals surface area contributed by atoms with Crippen LogP contribution in [0.4, 0.5) is 11.6 Å². The number of aromatic nitrogens is 2. The topological polar surface area (TPSA) is 49.8 Å². The van der Waals surface area contributed by atoms with Crippen molar-refractivity contribution in [3.63, 3.8) is 0 Å². The number of hydrogen-bond acceptors (Lipinski definition) is 4. The Kier molecular flexibility index (Phi) is 5.61. The van der Waals surface area contributed by atoms with Crippen molar-refractivity contribution in [3.8, 4) is 11.1 Å². The molecule has 2 N–H and O–H groups in total. The summed E-state index contributed by atoms with van der Waals surface area (Å²) in [5, 5.41) is 7.50. The van der Waals surface area contributed by atoms with E-state index in [2.05, 4.69) is 41.8 Å².